The van der Waals surface area contributed by atoms with Crippen molar-refractivity contribution in [3.8, 4) is 16.4 Å². The Hall–Kier alpha value is -2.51. The van der Waals surface area contributed by atoms with Gasteiger partial charge < -0.3 is 10.2 Å². The van der Waals surface area contributed by atoms with Gasteiger partial charge in [0, 0.05) is 25.7 Å². The van der Waals surface area contributed by atoms with Crippen molar-refractivity contribution in [3.05, 3.63) is 53.7 Å². The number of hydrogen-bond donors (Lipinski definition) is 1. The van der Waals surface area contributed by atoms with Gasteiger partial charge in [-0.1, -0.05) is 24.3 Å². The van der Waals surface area contributed by atoms with E-state index in [9.17, 15) is 4.79 Å². The van der Waals surface area contributed by atoms with E-state index >= 15 is 0 Å². The molecule has 1 aliphatic heterocycles. The summed E-state index contributed by atoms with van der Waals surface area (Å²) in [6.07, 6.45) is 0. The van der Waals surface area contributed by atoms with Gasteiger partial charge in [0.25, 0.3) is 5.91 Å². The van der Waals surface area contributed by atoms with Crippen LogP contribution in [-0.4, -0.2) is 51.2 Å². The molecule has 1 aliphatic rings. The largest absolute Gasteiger partial charge is 0.333 e. The van der Waals surface area contributed by atoms with Gasteiger partial charge in [-0.15, -0.1) is 16.4 Å². The lowest BCUT2D eigenvalue weighted by Gasteiger charge is -2.30. The monoisotopic (exact) mass is 353 g/mol. The second kappa shape index (κ2) is 6.78. The van der Waals surface area contributed by atoms with Crippen LogP contribution in [0.25, 0.3) is 16.4 Å². The van der Waals surface area contributed by atoms with Gasteiger partial charge in [-0.25, -0.2) is 9.67 Å². The summed E-state index contributed by atoms with van der Waals surface area (Å²) in [4.78, 5) is 20.3. The molecule has 0 radical (unpaired) electrons. The number of hydrogen-bond acceptors (Lipinski definition) is 5. The number of nitrogens with one attached hydrogen (secondary N) is 1. The maximum absolute atomic E-state index is 12.9. The van der Waals surface area contributed by atoms with Crippen molar-refractivity contribution < 1.29 is 4.79 Å². The van der Waals surface area contributed by atoms with Crippen LogP contribution in [0.4, 0.5) is 0 Å². The molecular formula is C18H19N5OS. The second-order valence-corrected chi connectivity index (χ2v) is 7.04. The number of carbonyl (C=O) groups is 1. The maximum Gasteiger partial charge on any atom is 0.293 e. The third-order valence-corrected chi connectivity index (χ3v) is 5.06. The maximum atomic E-state index is 12.9. The number of thiophene rings is 1. The molecule has 0 aliphatic carbocycles. The SMILES string of the molecule is CC1CN(C(=O)c2nc(-c3cccs3)n(-c3ccccc3)n2)CCN1. The zero-order valence-electron chi connectivity index (χ0n) is 13.9. The average molecular weight is 353 g/mol. The van der Waals surface area contributed by atoms with Crippen molar-refractivity contribution in [2.75, 3.05) is 19.6 Å². The highest BCUT2D eigenvalue weighted by atomic mass is 32.1. The molecule has 25 heavy (non-hydrogen) atoms. The van der Waals surface area contributed by atoms with Gasteiger partial charge >= 0.3 is 0 Å². The molecule has 3 aromatic rings. The average Bonchev–Trinajstić information content (AvgIpc) is 3.31. The van der Waals surface area contributed by atoms with E-state index in [-0.39, 0.29) is 17.8 Å². The molecule has 7 heteroatoms. The number of piperazine rings is 1. The fourth-order valence-electron chi connectivity index (χ4n) is 2.98. The molecule has 0 spiro atoms. The van der Waals surface area contributed by atoms with Gasteiger partial charge in [0.2, 0.25) is 5.82 Å². The zero-order chi connectivity index (χ0) is 17.2. The quantitative estimate of drug-likeness (QED) is 0.785. The van der Waals surface area contributed by atoms with E-state index in [4.69, 9.17) is 0 Å². The Morgan fingerprint density at radius 2 is 2.08 bits per heavy atom. The number of benzene rings is 1. The second-order valence-electron chi connectivity index (χ2n) is 6.09. The van der Waals surface area contributed by atoms with E-state index in [1.807, 2.05) is 52.7 Å². The molecule has 1 amide bonds. The molecular weight excluding hydrogens is 334 g/mol. The molecule has 3 heterocycles. The zero-order valence-corrected chi connectivity index (χ0v) is 14.7. The van der Waals surface area contributed by atoms with Crippen LogP contribution in [0.5, 0.6) is 0 Å². The third kappa shape index (κ3) is 3.20. The summed E-state index contributed by atoms with van der Waals surface area (Å²) < 4.78 is 1.75. The first kappa shape index (κ1) is 16.0. The number of carbonyl (C=O) groups excluding carboxylic acids is 1. The van der Waals surface area contributed by atoms with E-state index in [1.54, 1.807) is 16.0 Å². The van der Waals surface area contributed by atoms with Gasteiger partial charge in [-0.3, -0.25) is 4.79 Å². The van der Waals surface area contributed by atoms with Crippen molar-refractivity contribution in [2.24, 2.45) is 0 Å². The number of amides is 1. The van der Waals surface area contributed by atoms with Gasteiger partial charge in [-0.2, -0.15) is 0 Å². The van der Waals surface area contributed by atoms with Crippen LogP contribution in [0, 0.1) is 0 Å². The number of aromatic nitrogens is 3. The van der Waals surface area contributed by atoms with Crippen molar-refractivity contribution in [1.82, 2.24) is 25.0 Å². The number of para-hydroxylation sites is 1. The minimum absolute atomic E-state index is 0.110. The van der Waals surface area contributed by atoms with Gasteiger partial charge in [-0.05, 0) is 30.5 Å². The molecule has 1 atom stereocenters. The summed E-state index contributed by atoms with van der Waals surface area (Å²) in [6.45, 7) is 4.22. The Kier molecular flexibility index (Phi) is 4.33. The van der Waals surface area contributed by atoms with Crippen LogP contribution in [-0.2, 0) is 0 Å². The van der Waals surface area contributed by atoms with E-state index in [0.29, 0.717) is 18.9 Å². The minimum Gasteiger partial charge on any atom is -0.333 e. The molecule has 0 bridgehead atoms. The smallest absolute Gasteiger partial charge is 0.293 e. The number of nitrogens with zero attached hydrogens (tertiary/aromatic N) is 4. The first-order valence-corrected chi connectivity index (χ1v) is 9.19. The summed E-state index contributed by atoms with van der Waals surface area (Å²) in [5.74, 6) is 0.843. The Labute approximate surface area is 150 Å². The van der Waals surface area contributed by atoms with Gasteiger partial charge in [0.1, 0.15) is 0 Å². The van der Waals surface area contributed by atoms with Crippen LogP contribution < -0.4 is 5.32 Å². The number of rotatable bonds is 3. The molecule has 1 saturated heterocycles. The van der Waals surface area contributed by atoms with Crippen LogP contribution in [0.3, 0.4) is 0 Å². The Morgan fingerprint density at radius 1 is 1.24 bits per heavy atom. The molecule has 1 unspecified atom stereocenters. The Morgan fingerprint density at radius 3 is 2.80 bits per heavy atom. The summed E-state index contributed by atoms with van der Waals surface area (Å²) in [7, 11) is 0. The van der Waals surface area contributed by atoms with Crippen LogP contribution >= 0.6 is 11.3 Å². The normalized spacial score (nSPS) is 17.6. The van der Waals surface area contributed by atoms with E-state index in [0.717, 1.165) is 17.1 Å². The van der Waals surface area contributed by atoms with Crippen LogP contribution in [0.2, 0.25) is 0 Å². The van der Waals surface area contributed by atoms with E-state index in [1.165, 1.54) is 0 Å². The highest BCUT2D eigenvalue weighted by Gasteiger charge is 2.26. The molecule has 1 N–H and O–H groups in total. The molecule has 1 aromatic carbocycles. The highest BCUT2D eigenvalue weighted by Crippen LogP contribution is 2.25. The predicted octanol–water partition coefficient (Wildman–Crippen LogP) is 2.43. The molecule has 0 saturated carbocycles. The summed E-state index contributed by atoms with van der Waals surface area (Å²) >= 11 is 1.59. The van der Waals surface area contributed by atoms with Crippen molar-refractivity contribution in [1.29, 1.82) is 0 Å². The molecule has 1 fully saturated rings. The summed E-state index contributed by atoms with van der Waals surface area (Å²) in [5.41, 5.74) is 0.895. The van der Waals surface area contributed by atoms with Gasteiger partial charge in [0.15, 0.2) is 5.82 Å². The Bertz CT molecular complexity index is 859. The fraction of sp³-hybridized carbons (Fsp3) is 0.278. The van der Waals surface area contributed by atoms with Crippen molar-refractivity contribution in [3.63, 3.8) is 0 Å². The van der Waals surface area contributed by atoms with Crippen molar-refractivity contribution >= 4 is 17.2 Å². The Balaban J connectivity index is 1.73. The first-order valence-electron chi connectivity index (χ1n) is 8.31. The lowest BCUT2D eigenvalue weighted by Crippen LogP contribution is -2.51. The third-order valence-electron chi connectivity index (χ3n) is 4.20. The van der Waals surface area contributed by atoms with E-state index in [2.05, 4.69) is 22.3 Å². The molecule has 128 valence electrons. The van der Waals surface area contributed by atoms with Gasteiger partial charge in [0.05, 0.1) is 10.6 Å². The minimum atomic E-state index is -0.110. The summed E-state index contributed by atoms with van der Waals surface area (Å²) in [5, 5.41) is 9.88. The summed E-state index contributed by atoms with van der Waals surface area (Å²) in [6, 6.07) is 14.0. The fourth-order valence-corrected chi connectivity index (χ4v) is 3.67. The topological polar surface area (TPSA) is 63.1 Å². The first-order chi connectivity index (χ1) is 12.2. The molecule has 4 rings (SSSR count). The lowest BCUT2D eigenvalue weighted by atomic mass is 10.2. The van der Waals surface area contributed by atoms with Crippen molar-refractivity contribution in [2.45, 2.75) is 13.0 Å². The molecule has 6 nitrogen and oxygen atoms in total. The lowest BCUT2D eigenvalue weighted by molar-refractivity contribution is 0.0697. The highest BCUT2D eigenvalue weighted by molar-refractivity contribution is 7.13. The standard InChI is InChI=1S/C18H19N5OS/c1-13-12-22(10-9-19-13)18(24)16-20-17(15-8-5-11-25-15)23(21-16)14-6-3-2-4-7-14/h2-8,11,13,19H,9-10,12H2,1H3. The van der Waals surface area contributed by atoms with Crippen LogP contribution in [0.1, 0.15) is 17.5 Å². The molecule has 2 aromatic heterocycles. The van der Waals surface area contributed by atoms with Crippen LogP contribution in [0.15, 0.2) is 47.8 Å². The van der Waals surface area contributed by atoms with E-state index < -0.39 is 0 Å². The predicted molar refractivity (Wildman–Crippen MR) is 98.0 cm³/mol.